The van der Waals surface area contributed by atoms with Crippen molar-refractivity contribution in [2.75, 3.05) is 18.2 Å². The highest BCUT2D eigenvalue weighted by Gasteiger charge is 2.14. The number of carbonyl (C=O) groups excluding carboxylic acids is 1. The van der Waals surface area contributed by atoms with E-state index in [2.05, 4.69) is 5.32 Å². The largest absolute Gasteiger partial charge is 0.497 e. The van der Waals surface area contributed by atoms with E-state index in [1.807, 2.05) is 13.0 Å². The average molecular weight is 291 g/mol. The van der Waals surface area contributed by atoms with Crippen LogP contribution in [0.15, 0.2) is 36.4 Å². The van der Waals surface area contributed by atoms with Gasteiger partial charge >= 0.3 is 0 Å². The average Bonchev–Trinajstić information content (AvgIpc) is 2.41. The number of hydrogen-bond acceptors (Lipinski definition) is 3. The number of nitrogen functional groups attached to an aromatic ring is 1. The number of methoxy groups -OCH3 is 1. The van der Waals surface area contributed by atoms with Gasteiger partial charge in [-0.25, -0.2) is 0 Å². The Hall–Kier alpha value is -2.20. The Kier molecular flexibility index (Phi) is 4.15. The van der Waals surface area contributed by atoms with Gasteiger partial charge in [0.05, 0.1) is 17.7 Å². The van der Waals surface area contributed by atoms with Crippen molar-refractivity contribution in [2.45, 2.75) is 6.92 Å². The molecule has 3 N–H and O–H groups in total. The Bertz CT molecular complexity index is 636. The van der Waals surface area contributed by atoms with Crippen LogP contribution in [0.5, 0.6) is 5.75 Å². The molecule has 0 saturated carbocycles. The van der Waals surface area contributed by atoms with Gasteiger partial charge in [-0.05, 0) is 42.8 Å². The fourth-order valence-corrected chi connectivity index (χ4v) is 2.14. The Morgan fingerprint density at radius 3 is 2.65 bits per heavy atom. The van der Waals surface area contributed by atoms with Crippen molar-refractivity contribution in [1.82, 2.24) is 0 Å². The van der Waals surface area contributed by atoms with Gasteiger partial charge in [-0.1, -0.05) is 17.7 Å². The van der Waals surface area contributed by atoms with E-state index in [0.717, 1.165) is 11.3 Å². The van der Waals surface area contributed by atoms with Crippen molar-refractivity contribution >= 4 is 28.9 Å². The molecule has 5 heteroatoms. The molecule has 0 aliphatic rings. The molecule has 2 aromatic carbocycles. The van der Waals surface area contributed by atoms with Gasteiger partial charge in [0.1, 0.15) is 5.75 Å². The first-order chi connectivity index (χ1) is 9.52. The maximum atomic E-state index is 12.3. The summed E-state index contributed by atoms with van der Waals surface area (Å²) in [5.41, 5.74) is 8.01. The van der Waals surface area contributed by atoms with E-state index in [1.54, 1.807) is 37.4 Å². The number of aryl methyl sites for hydroxylation is 1. The molecule has 104 valence electrons. The van der Waals surface area contributed by atoms with Gasteiger partial charge in [-0.15, -0.1) is 0 Å². The predicted octanol–water partition coefficient (Wildman–Crippen LogP) is 3.49. The lowest BCUT2D eigenvalue weighted by molar-refractivity contribution is 0.102. The molecule has 0 aromatic heterocycles. The third-order valence-electron chi connectivity index (χ3n) is 2.95. The standard InChI is InChI=1S/C15H15ClN2O2/c1-9-8-10(20-2)6-7-13(9)18-15(19)14-11(16)4-3-5-12(14)17/h3-8H,17H2,1-2H3,(H,18,19). The molecule has 0 heterocycles. The number of ether oxygens (including phenoxy) is 1. The lowest BCUT2D eigenvalue weighted by atomic mass is 10.1. The number of nitrogens with two attached hydrogens (primary N) is 1. The highest BCUT2D eigenvalue weighted by Crippen LogP contribution is 2.25. The summed E-state index contributed by atoms with van der Waals surface area (Å²) in [5, 5.41) is 3.13. The second-order valence-electron chi connectivity index (χ2n) is 4.34. The summed E-state index contributed by atoms with van der Waals surface area (Å²) in [5.74, 6) is 0.402. The molecule has 2 rings (SSSR count). The van der Waals surface area contributed by atoms with Crippen LogP contribution in [0.4, 0.5) is 11.4 Å². The van der Waals surface area contributed by atoms with Crippen LogP contribution in [0, 0.1) is 6.92 Å². The number of hydrogen-bond donors (Lipinski definition) is 2. The number of carbonyl (C=O) groups is 1. The molecule has 0 aliphatic heterocycles. The Balaban J connectivity index is 2.28. The quantitative estimate of drug-likeness (QED) is 0.851. The zero-order valence-corrected chi connectivity index (χ0v) is 12.0. The molecule has 1 amide bonds. The maximum Gasteiger partial charge on any atom is 0.259 e. The monoisotopic (exact) mass is 290 g/mol. The molecule has 0 radical (unpaired) electrons. The summed E-state index contributed by atoms with van der Waals surface area (Å²) in [7, 11) is 1.59. The number of anilines is 2. The van der Waals surface area contributed by atoms with Crippen LogP contribution in [-0.2, 0) is 0 Å². The highest BCUT2D eigenvalue weighted by molar-refractivity contribution is 6.35. The lowest BCUT2D eigenvalue weighted by Crippen LogP contribution is -2.15. The fourth-order valence-electron chi connectivity index (χ4n) is 1.87. The minimum absolute atomic E-state index is 0.282. The van der Waals surface area contributed by atoms with Crippen molar-refractivity contribution in [3.63, 3.8) is 0 Å². The molecule has 2 aromatic rings. The summed E-state index contributed by atoms with van der Waals surface area (Å²) in [6.07, 6.45) is 0. The molecule has 0 spiro atoms. The summed E-state index contributed by atoms with van der Waals surface area (Å²) in [4.78, 5) is 12.3. The van der Waals surface area contributed by atoms with Crippen molar-refractivity contribution in [2.24, 2.45) is 0 Å². The van der Waals surface area contributed by atoms with Crippen LogP contribution in [0.25, 0.3) is 0 Å². The first-order valence-electron chi connectivity index (χ1n) is 6.03. The summed E-state index contributed by atoms with van der Waals surface area (Å²) < 4.78 is 5.12. The van der Waals surface area contributed by atoms with Gasteiger partial charge in [-0.3, -0.25) is 4.79 Å². The first kappa shape index (κ1) is 14.2. The highest BCUT2D eigenvalue weighted by atomic mass is 35.5. The van der Waals surface area contributed by atoms with Gasteiger partial charge in [0.15, 0.2) is 0 Å². The van der Waals surface area contributed by atoms with Crippen LogP contribution in [0.1, 0.15) is 15.9 Å². The fraction of sp³-hybridized carbons (Fsp3) is 0.133. The van der Waals surface area contributed by atoms with Crippen molar-refractivity contribution in [1.29, 1.82) is 0 Å². The Labute approximate surface area is 122 Å². The number of rotatable bonds is 3. The third-order valence-corrected chi connectivity index (χ3v) is 3.27. The van der Waals surface area contributed by atoms with E-state index in [9.17, 15) is 4.79 Å². The number of amides is 1. The molecule has 20 heavy (non-hydrogen) atoms. The second kappa shape index (κ2) is 5.84. The van der Waals surface area contributed by atoms with Gasteiger partial charge in [0.2, 0.25) is 0 Å². The molecule has 0 aliphatic carbocycles. The van der Waals surface area contributed by atoms with E-state index in [0.29, 0.717) is 16.4 Å². The summed E-state index contributed by atoms with van der Waals surface area (Å²) in [6.45, 7) is 1.88. The minimum Gasteiger partial charge on any atom is -0.497 e. The van der Waals surface area contributed by atoms with Crippen molar-refractivity contribution in [3.8, 4) is 5.75 Å². The van der Waals surface area contributed by atoms with Gasteiger partial charge < -0.3 is 15.8 Å². The van der Waals surface area contributed by atoms with E-state index >= 15 is 0 Å². The SMILES string of the molecule is COc1ccc(NC(=O)c2c(N)cccc2Cl)c(C)c1. The first-order valence-corrected chi connectivity index (χ1v) is 6.40. The number of halogens is 1. The van der Waals surface area contributed by atoms with E-state index in [1.165, 1.54) is 0 Å². The van der Waals surface area contributed by atoms with E-state index in [-0.39, 0.29) is 11.5 Å². The summed E-state index contributed by atoms with van der Waals surface area (Å²) >= 11 is 6.02. The zero-order chi connectivity index (χ0) is 14.7. The smallest absolute Gasteiger partial charge is 0.259 e. The van der Waals surface area contributed by atoms with Gasteiger partial charge in [0.25, 0.3) is 5.91 Å². The molecule has 0 fully saturated rings. The Morgan fingerprint density at radius 1 is 1.30 bits per heavy atom. The molecule has 0 saturated heterocycles. The third kappa shape index (κ3) is 2.86. The van der Waals surface area contributed by atoms with Crippen LogP contribution in [-0.4, -0.2) is 13.0 Å². The predicted molar refractivity (Wildman–Crippen MR) is 81.5 cm³/mol. The minimum atomic E-state index is -0.332. The van der Waals surface area contributed by atoms with Crippen LogP contribution >= 0.6 is 11.6 Å². The normalized spacial score (nSPS) is 10.2. The molecule has 0 atom stereocenters. The van der Waals surface area contributed by atoms with E-state index < -0.39 is 0 Å². The zero-order valence-electron chi connectivity index (χ0n) is 11.2. The van der Waals surface area contributed by atoms with Crippen molar-refractivity contribution in [3.05, 3.63) is 52.5 Å². The topological polar surface area (TPSA) is 64.3 Å². The van der Waals surface area contributed by atoms with Crippen LogP contribution in [0.2, 0.25) is 5.02 Å². The summed E-state index contributed by atoms with van der Waals surface area (Å²) in [6, 6.07) is 10.4. The molecule has 0 bridgehead atoms. The van der Waals surface area contributed by atoms with Gasteiger partial charge in [0, 0.05) is 11.4 Å². The van der Waals surface area contributed by atoms with Crippen LogP contribution < -0.4 is 15.8 Å². The number of nitrogens with one attached hydrogen (secondary N) is 1. The molecular formula is C15H15ClN2O2. The van der Waals surface area contributed by atoms with Crippen molar-refractivity contribution < 1.29 is 9.53 Å². The number of benzene rings is 2. The van der Waals surface area contributed by atoms with Gasteiger partial charge in [-0.2, -0.15) is 0 Å². The second-order valence-corrected chi connectivity index (χ2v) is 4.75. The maximum absolute atomic E-state index is 12.3. The molecule has 0 unspecified atom stereocenters. The Morgan fingerprint density at radius 2 is 2.05 bits per heavy atom. The van der Waals surface area contributed by atoms with Crippen LogP contribution in [0.3, 0.4) is 0 Å². The molecule has 4 nitrogen and oxygen atoms in total. The van der Waals surface area contributed by atoms with E-state index in [4.69, 9.17) is 22.1 Å². The lowest BCUT2D eigenvalue weighted by Gasteiger charge is -2.12. The molecular weight excluding hydrogens is 276 g/mol.